The molecule has 0 aromatic carbocycles. The number of carbonyl (C=O) groups is 1. The second-order valence-electron chi connectivity index (χ2n) is 4.08. The van der Waals surface area contributed by atoms with Gasteiger partial charge in [-0.3, -0.25) is 4.79 Å². The van der Waals surface area contributed by atoms with Crippen molar-refractivity contribution >= 4 is 5.91 Å². The van der Waals surface area contributed by atoms with Crippen LogP contribution < -0.4 is 0 Å². The molecule has 0 unspecified atom stereocenters. The Morgan fingerprint density at radius 2 is 2.33 bits per heavy atom. The largest absolute Gasteiger partial charge is 0.381 e. The minimum atomic E-state index is -0.0712. The summed E-state index contributed by atoms with van der Waals surface area (Å²) in [6.07, 6.45) is 1.01. The van der Waals surface area contributed by atoms with Gasteiger partial charge in [0.15, 0.2) is 0 Å². The van der Waals surface area contributed by atoms with E-state index in [-0.39, 0.29) is 12.5 Å². The smallest absolute Gasteiger partial charge is 0.228 e. The number of rotatable bonds is 2. The molecule has 2 aliphatic heterocycles. The van der Waals surface area contributed by atoms with E-state index in [9.17, 15) is 4.79 Å². The molecule has 1 amide bonds. The van der Waals surface area contributed by atoms with Gasteiger partial charge in [-0.2, -0.15) is 0 Å². The first-order valence-corrected chi connectivity index (χ1v) is 5.17. The van der Waals surface area contributed by atoms with Crippen LogP contribution in [0, 0.1) is 11.8 Å². The molecule has 6 nitrogen and oxygen atoms in total. The summed E-state index contributed by atoms with van der Waals surface area (Å²) in [5, 5.41) is 3.29. The summed E-state index contributed by atoms with van der Waals surface area (Å²) in [7, 11) is 0. The molecule has 6 heteroatoms. The molecule has 0 radical (unpaired) electrons. The van der Waals surface area contributed by atoms with Gasteiger partial charge in [-0.25, -0.2) is 0 Å². The Morgan fingerprint density at radius 1 is 1.53 bits per heavy atom. The van der Waals surface area contributed by atoms with Gasteiger partial charge in [0.2, 0.25) is 5.91 Å². The number of carbonyl (C=O) groups excluding carboxylic acids is 1. The predicted molar refractivity (Wildman–Crippen MR) is 53.0 cm³/mol. The summed E-state index contributed by atoms with van der Waals surface area (Å²) in [4.78, 5) is 15.9. The molecule has 0 aromatic rings. The molecule has 82 valence electrons. The van der Waals surface area contributed by atoms with Crippen LogP contribution in [0.25, 0.3) is 10.4 Å². The van der Waals surface area contributed by atoms with E-state index in [1.165, 1.54) is 0 Å². The maximum atomic E-state index is 11.6. The first kappa shape index (κ1) is 10.3. The highest BCUT2D eigenvalue weighted by Gasteiger charge is 2.34. The summed E-state index contributed by atoms with van der Waals surface area (Å²) in [5.41, 5.74) is 8.13. The fourth-order valence-corrected chi connectivity index (χ4v) is 2.28. The van der Waals surface area contributed by atoms with Gasteiger partial charge in [-0.05, 0) is 17.9 Å². The van der Waals surface area contributed by atoms with Crippen LogP contribution >= 0.6 is 0 Å². The number of azide groups is 1. The summed E-state index contributed by atoms with van der Waals surface area (Å²) in [6.45, 7) is 3.06. The molecule has 0 aliphatic carbocycles. The Morgan fingerprint density at radius 3 is 3.13 bits per heavy atom. The highest BCUT2D eigenvalue weighted by molar-refractivity contribution is 5.78. The summed E-state index contributed by atoms with van der Waals surface area (Å²) < 4.78 is 5.38. The average molecular weight is 210 g/mol. The summed E-state index contributed by atoms with van der Waals surface area (Å²) in [6, 6.07) is 0. The Hall–Kier alpha value is -1.26. The van der Waals surface area contributed by atoms with Gasteiger partial charge in [-0.15, -0.1) is 0 Å². The molecule has 2 heterocycles. The van der Waals surface area contributed by atoms with Gasteiger partial charge < -0.3 is 9.64 Å². The number of fused-ring (bicyclic) bond motifs is 1. The van der Waals surface area contributed by atoms with E-state index >= 15 is 0 Å². The van der Waals surface area contributed by atoms with Crippen LogP contribution in [-0.4, -0.2) is 43.7 Å². The second-order valence-corrected chi connectivity index (χ2v) is 4.08. The van der Waals surface area contributed by atoms with Crippen molar-refractivity contribution in [1.82, 2.24) is 4.90 Å². The Labute approximate surface area is 87.8 Å². The highest BCUT2D eigenvalue weighted by Crippen LogP contribution is 2.29. The lowest BCUT2D eigenvalue weighted by Gasteiger charge is -2.33. The minimum absolute atomic E-state index is 0.0608. The third-order valence-corrected chi connectivity index (χ3v) is 3.18. The van der Waals surface area contributed by atoms with E-state index in [1.807, 2.05) is 0 Å². The maximum Gasteiger partial charge on any atom is 0.228 e. The standard InChI is InChI=1S/C9H14N4O2/c10-12-11-3-9(14)13-2-1-7-5-15-6-8(7)4-13/h7-8H,1-6H2/t7-,8+/m1/s1. The lowest BCUT2D eigenvalue weighted by atomic mass is 9.89. The zero-order valence-corrected chi connectivity index (χ0v) is 8.50. The lowest BCUT2D eigenvalue weighted by Crippen LogP contribution is -2.44. The van der Waals surface area contributed by atoms with Crippen molar-refractivity contribution in [2.24, 2.45) is 17.0 Å². The number of likely N-dealkylation sites (tertiary alicyclic amines) is 1. The van der Waals surface area contributed by atoms with Crippen LogP contribution in [0.1, 0.15) is 6.42 Å². The monoisotopic (exact) mass is 210 g/mol. The molecule has 0 aromatic heterocycles. The maximum absolute atomic E-state index is 11.6. The Balaban J connectivity index is 1.89. The minimum Gasteiger partial charge on any atom is -0.381 e. The third kappa shape index (κ3) is 2.22. The highest BCUT2D eigenvalue weighted by atomic mass is 16.5. The number of hydrogen-bond acceptors (Lipinski definition) is 3. The van der Waals surface area contributed by atoms with E-state index < -0.39 is 0 Å². The van der Waals surface area contributed by atoms with Crippen LogP contribution in [-0.2, 0) is 9.53 Å². The van der Waals surface area contributed by atoms with E-state index in [0.29, 0.717) is 11.8 Å². The molecule has 2 rings (SSSR count). The number of piperidine rings is 1. The Bertz CT molecular complexity index is 300. The zero-order valence-electron chi connectivity index (χ0n) is 8.50. The number of ether oxygens (including phenoxy) is 1. The van der Waals surface area contributed by atoms with Crippen molar-refractivity contribution in [3.05, 3.63) is 10.4 Å². The molecule has 0 saturated carbocycles. The third-order valence-electron chi connectivity index (χ3n) is 3.18. The molecule has 2 fully saturated rings. The molecule has 0 spiro atoms. The second kappa shape index (κ2) is 4.51. The van der Waals surface area contributed by atoms with Gasteiger partial charge in [-0.1, -0.05) is 5.11 Å². The van der Waals surface area contributed by atoms with E-state index in [0.717, 1.165) is 32.7 Å². The first-order valence-electron chi connectivity index (χ1n) is 5.17. The molecule has 2 saturated heterocycles. The van der Waals surface area contributed by atoms with E-state index in [2.05, 4.69) is 10.0 Å². The zero-order chi connectivity index (χ0) is 10.7. The lowest BCUT2D eigenvalue weighted by molar-refractivity contribution is -0.131. The van der Waals surface area contributed by atoms with Crippen LogP contribution in [0.15, 0.2) is 5.11 Å². The average Bonchev–Trinajstić information content (AvgIpc) is 2.72. The van der Waals surface area contributed by atoms with Gasteiger partial charge in [0.1, 0.15) is 6.54 Å². The SMILES string of the molecule is [N-]=[N+]=NCC(=O)N1CC[C@@H]2COC[C@@H]2C1. The van der Waals surface area contributed by atoms with Crippen molar-refractivity contribution in [3.63, 3.8) is 0 Å². The van der Waals surface area contributed by atoms with E-state index in [4.69, 9.17) is 10.3 Å². The molecule has 0 N–H and O–H groups in total. The molecular weight excluding hydrogens is 196 g/mol. The van der Waals surface area contributed by atoms with Gasteiger partial charge in [0.05, 0.1) is 6.61 Å². The topological polar surface area (TPSA) is 78.3 Å². The van der Waals surface area contributed by atoms with Crippen LogP contribution in [0.2, 0.25) is 0 Å². The number of hydrogen-bond donors (Lipinski definition) is 0. The molecular formula is C9H14N4O2. The van der Waals surface area contributed by atoms with Crippen molar-refractivity contribution < 1.29 is 9.53 Å². The van der Waals surface area contributed by atoms with Crippen molar-refractivity contribution in [2.45, 2.75) is 6.42 Å². The fraction of sp³-hybridized carbons (Fsp3) is 0.889. The summed E-state index contributed by atoms with van der Waals surface area (Å²) >= 11 is 0. The molecule has 0 bridgehead atoms. The van der Waals surface area contributed by atoms with Crippen molar-refractivity contribution in [1.29, 1.82) is 0 Å². The van der Waals surface area contributed by atoms with Crippen molar-refractivity contribution in [3.8, 4) is 0 Å². The molecule has 15 heavy (non-hydrogen) atoms. The van der Waals surface area contributed by atoms with Crippen LogP contribution in [0.5, 0.6) is 0 Å². The molecule has 2 aliphatic rings. The number of amides is 1. The van der Waals surface area contributed by atoms with Gasteiger partial charge >= 0.3 is 0 Å². The predicted octanol–water partition coefficient (Wildman–Crippen LogP) is 0.792. The fourth-order valence-electron chi connectivity index (χ4n) is 2.28. The number of nitrogens with zero attached hydrogens (tertiary/aromatic N) is 4. The molecule has 2 atom stereocenters. The quantitative estimate of drug-likeness (QED) is 0.383. The Kier molecular flexibility index (Phi) is 3.08. The van der Waals surface area contributed by atoms with Gasteiger partial charge in [0, 0.05) is 30.5 Å². The van der Waals surface area contributed by atoms with Crippen LogP contribution in [0.3, 0.4) is 0 Å². The normalized spacial score (nSPS) is 29.5. The van der Waals surface area contributed by atoms with Crippen molar-refractivity contribution in [2.75, 3.05) is 32.8 Å². The van der Waals surface area contributed by atoms with Crippen LogP contribution in [0.4, 0.5) is 0 Å². The first-order chi connectivity index (χ1) is 7.31. The van der Waals surface area contributed by atoms with Gasteiger partial charge in [0.25, 0.3) is 0 Å². The summed E-state index contributed by atoms with van der Waals surface area (Å²) in [5.74, 6) is 1.03. The van der Waals surface area contributed by atoms with E-state index in [1.54, 1.807) is 4.90 Å².